The first-order chi connectivity index (χ1) is 20.7. The number of amides is 1. The Bertz CT molecular complexity index is 1610. The van der Waals surface area contributed by atoms with Crippen molar-refractivity contribution in [2.24, 2.45) is 0 Å². The van der Waals surface area contributed by atoms with Crippen LogP contribution in [0.15, 0.2) is 47.4 Å². The number of carbonyl (C=O) groups excluding carboxylic acids is 1. The van der Waals surface area contributed by atoms with Gasteiger partial charge in [-0.3, -0.25) is 14.3 Å². The van der Waals surface area contributed by atoms with Crippen molar-refractivity contribution in [3.8, 4) is 5.82 Å². The molecule has 3 N–H and O–H groups in total. The number of nitrogens with one attached hydrogen (secondary N) is 3. The van der Waals surface area contributed by atoms with Gasteiger partial charge in [-0.1, -0.05) is 26.8 Å². The second-order valence-electron chi connectivity index (χ2n) is 12.4. The van der Waals surface area contributed by atoms with Crippen LogP contribution in [0.25, 0.3) is 5.82 Å². The van der Waals surface area contributed by atoms with E-state index in [0.717, 1.165) is 54.3 Å². The van der Waals surface area contributed by atoms with E-state index in [4.69, 9.17) is 9.15 Å². The summed E-state index contributed by atoms with van der Waals surface area (Å²) in [5.41, 5.74) is 3.80. The van der Waals surface area contributed by atoms with Crippen molar-refractivity contribution < 1.29 is 13.9 Å². The molecule has 11 heteroatoms. The van der Waals surface area contributed by atoms with Crippen LogP contribution in [0.4, 0.5) is 23.1 Å². The van der Waals surface area contributed by atoms with E-state index in [1.165, 1.54) is 0 Å². The highest BCUT2D eigenvalue weighted by atomic mass is 16.5. The molecule has 1 saturated heterocycles. The van der Waals surface area contributed by atoms with Crippen molar-refractivity contribution in [3.63, 3.8) is 0 Å². The minimum atomic E-state index is -0.244. The molecule has 0 unspecified atom stereocenters. The summed E-state index contributed by atoms with van der Waals surface area (Å²) in [6.07, 6.45) is 7.47. The van der Waals surface area contributed by atoms with Crippen molar-refractivity contribution in [1.82, 2.24) is 24.4 Å². The predicted octanol–water partition coefficient (Wildman–Crippen LogP) is 5.57. The lowest BCUT2D eigenvalue weighted by Crippen LogP contribution is -2.36. The van der Waals surface area contributed by atoms with Gasteiger partial charge in [0.2, 0.25) is 5.95 Å². The van der Waals surface area contributed by atoms with Gasteiger partial charge in [-0.2, -0.15) is 0 Å². The zero-order chi connectivity index (χ0) is 30.1. The Kier molecular flexibility index (Phi) is 7.93. The number of aromatic nitrogens is 4. The molecule has 1 aromatic carbocycles. The fourth-order valence-corrected chi connectivity index (χ4v) is 5.35. The Labute approximate surface area is 252 Å². The van der Waals surface area contributed by atoms with Gasteiger partial charge in [-0.15, -0.1) is 0 Å². The Morgan fingerprint density at radius 2 is 1.86 bits per heavy atom. The van der Waals surface area contributed by atoms with Crippen molar-refractivity contribution in [3.05, 3.63) is 71.2 Å². The van der Waals surface area contributed by atoms with E-state index in [0.29, 0.717) is 54.6 Å². The number of morpholine rings is 1. The molecule has 1 amide bonds. The topological polar surface area (TPSA) is 122 Å². The maximum Gasteiger partial charge on any atom is 0.259 e. The van der Waals surface area contributed by atoms with Gasteiger partial charge >= 0.3 is 0 Å². The summed E-state index contributed by atoms with van der Waals surface area (Å²) in [6.45, 7) is 13.9. The summed E-state index contributed by atoms with van der Waals surface area (Å²) < 4.78 is 13.7. The van der Waals surface area contributed by atoms with E-state index < -0.39 is 0 Å². The molecule has 0 atom stereocenters. The first-order valence-electron chi connectivity index (χ1n) is 14.9. The van der Waals surface area contributed by atoms with Crippen LogP contribution in [0, 0.1) is 13.8 Å². The molecule has 0 bridgehead atoms. The SMILES string of the molecule is Cc1ccc(NC(=O)c2c(C)oc(C(C)(C)C)c2CN2CCOCC2)cc1Nc1nccn1-c1cc(NC2CC2)ncn1. The number of nitrogens with zero attached hydrogens (tertiary/aromatic N) is 5. The highest BCUT2D eigenvalue weighted by Crippen LogP contribution is 2.34. The number of anilines is 4. The van der Waals surface area contributed by atoms with Crippen LogP contribution in [0.1, 0.15) is 66.6 Å². The number of hydrogen-bond donors (Lipinski definition) is 3. The summed E-state index contributed by atoms with van der Waals surface area (Å²) in [5.74, 6) is 3.39. The van der Waals surface area contributed by atoms with Gasteiger partial charge in [-0.05, 0) is 44.4 Å². The quantitative estimate of drug-likeness (QED) is 0.232. The molecule has 4 heterocycles. The predicted molar refractivity (Wildman–Crippen MR) is 166 cm³/mol. The number of hydrogen-bond acceptors (Lipinski definition) is 9. The van der Waals surface area contributed by atoms with Gasteiger partial charge in [0, 0.05) is 66.5 Å². The van der Waals surface area contributed by atoms with Crippen LogP contribution >= 0.6 is 0 Å². The lowest BCUT2D eigenvalue weighted by Gasteiger charge is -2.28. The molecule has 1 aliphatic heterocycles. The third-order valence-corrected chi connectivity index (χ3v) is 7.79. The molecule has 3 aromatic heterocycles. The molecule has 226 valence electrons. The lowest BCUT2D eigenvalue weighted by molar-refractivity contribution is 0.0337. The molecule has 4 aromatic rings. The molecule has 2 fully saturated rings. The van der Waals surface area contributed by atoms with Crippen molar-refractivity contribution in [1.29, 1.82) is 0 Å². The first-order valence-corrected chi connectivity index (χ1v) is 14.9. The smallest absolute Gasteiger partial charge is 0.259 e. The van der Waals surface area contributed by atoms with E-state index in [9.17, 15) is 4.79 Å². The summed E-state index contributed by atoms with van der Waals surface area (Å²) in [7, 11) is 0. The van der Waals surface area contributed by atoms with Gasteiger partial charge in [0.25, 0.3) is 5.91 Å². The minimum Gasteiger partial charge on any atom is -0.465 e. The highest BCUT2D eigenvalue weighted by Gasteiger charge is 2.31. The van der Waals surface area contributed by atoms with Crippen LogP contribution in [0.5, 0.6) is 0 Å². The highest BCUT2D eigenvalue weighted by molar-refractivity contribution is 6.06. The average Bonchev–Trinajstić information content (AvgIpc) is 3.55. The van der Waals surface area contributed by atoms with E-state index in [-0.39, 0.29) is 11.3 Å². The monoisotopic (exact) mass is 584 g/mol. The van der Waals surface area contributed by atoms with Gasteiger partial charge in [-0.25, -0.2) is 15.0 Å². The van der Waals surface area contributed by atoms with Crippen LogP contribution in [0.3, 0.4) is 0 Å². The Hall–Kier alpha value is -4.22. The number of carbonyl (C=O) groups is 1. The van der Waals surface area contributed by atoms with Gasteiger partial charge in [0.05, 0.1) is 18.8 Å². The molecule has 1 saturated carbocycles. The Balaban J connectivity index is 1.24. The summed E-state index contributed by atoms with van der Waals surface area (Å²) in [6, 6.07) is 8.22. The zero-order valence-electron chi connectivity index (χ0n) is 25.5. The first kappa shape index (κ1) is 28.9. The van der Waals surface area contributed by atoms with E-state index in [2.05, 4.69) is 56.6 Å². The Morgan fingerprint density at radius 1 is 1.07 bits per heavy atom. The summed E-state index contributed by atoms with van der Waals surface area (Å²) in [4.78, 5) is 29.5. The average molecular weight is 585 g/mol. The van der Waals surface area contributed by atoms with E-state index in [1.807, 2.05) is 48.9 Å². The number of rotatable bonds is 9. The standard InChI is InChI=1S/C32H40N8O3/c1-20-6-7-23(16-25(20)38-31-33-10-11-40(31)27-17-26(34-19-35-27)36-22-8-9-22)37-30(41)28-21(2)43-29(32(3,4)5)24(28)18-39-12-14-42-15-13-39/h6-7,10-11,16-17,19,22H,8-9,12-15,18H2,1-5H3,(H,33,38)(H,37,41)(H,34,35,36). The van der Waals surface area contributed by atoms with Crippen LogP contribution in [-0.4, -0.2) is 62.7 Å². The van der Waals surface area contributed by atoms with Gasteiger partial charge < -0.3 is 25.1 Å². The molecule has 1 aliphatic carbocycles. The number of aryl methyl sites for hydroxylation is 2. The van der Waals surface area contributed by atoms with Gasteiger partial charge in [0.15, 0.2) is 0 Å². The fraction of sp³-hybridized carbons (Fsp3) is 0.438. The molecule has 43 heavy (non-hydrogen) atoms. The number of ether oxygens (including phenoxy) is 1. The minimum absolute atomic E-state index is 0.187. The van der Waals surface area contributed by atoms with E-state index >= 15 is 0 Å². The van der Waals surface area contributed by atoms with Crippen LogP contribution in [0.2, 0.25) is 0 Å². The largest absolute Gasteiger partial charge is 0.465 e. The maximum atomic E-state index is 13.8. The molecule has 2 aliphatic rings. The molecular formula is C32H40N8O3. The normalized spacial score (nSPS) is 15.8. The second kappa shape index (κ2) is 11.8. The van der Waals surface area contributed by atoms with Gasteiger partial charge in [0.1, 0.15) is 29.5 Å². The maximum absolute atomic E-state index is 13.8. The molecule has 6 rings (SSSR count). The fourth-order valence-electron chi connectivity index (χ4n) is 5.35. The third kappa shape index (κ3) is 6.57. The van der Waals surface area contributed by atoms with E-state index in [1.54, 1.807) is 12.5 Å². The number of imidazole rings is 1. The number of benzene rings is 1. The van der Waals surface area contributed by atoms with Crippen molar-refractivity contribution in [2.75, 3.05) is 42.3 Å². The summed E-state index contributed by atoms with van der Waals surface area (Å²) >= 11 is 0. The van der Waals surface area contributed by atoms with Crippen molar-refractivity contribution in [2.45, 2.75) is 65.5 Å². The van der Waals surface area contributed by atoms with Crippen LogP contribution < -0.4 is 16.0 Å². The second-order valence-corrected chi connectivity index (χ2v) is 12.4. The lowest BCUT2D eigenvalue weighted by atomic mass is 9.88. The number of furan rings is 1. The zero-order valence-corrected chi connectivity index (χ0v) is 25.5. The molecule has 0 spiro atoms. The van der Waals surface area contributed by atoms with Crippen molar-refractivity contribution >= 4 is 29.0 Å². The Morgan fingerprint density at radius 3 is 2.60 bits per heavy atom. The molecular weight excluding hydrogens is 544 g/mol. The third-order valence-electron chi connectivity index (χ3n) is 7.79. The molecule has 0 radical (unpaired) electrons. The van der Waals surface area contributed by atoms with Crippen LogP contribution in [-0.2, 0) is 16.7 Å². The molecule has 11 nitrogen and oxygen atoms in total. The summed E-state index contributed by atoms with van der Waals surface area (Å²) in [5, 5.41) is 9.97.